The Balaban J connectivity index is 2.93. The number of thioether (sulfide) groups is 1. The van der Waals surface area contributed by atoms with E-state index in [9.17, 15) is 14.7 Å². The lowest BCUT2D eigenvalue weighted by atomic mass is 9.72. The molecule has 0 amide bonds. The van der Waals surface area contributed by atoms with Crippen LogP contribution in [0.3, 0.4) is 0 Å². The highest BCUT2D eigenvalue weighted by Gasteiger charge is 2.53. The fraction of sp³-hybridized carbons (Fsp3) is 0.846. The van der Waals surface area contributed by atoms with Crippen molar-refractivity contribution in [2.75, 3.05) is 18.6 Å². The molecule has 0 bridgehead atoms. The predicted octanol–water partition coefficient (Wildman–Crippen LogP) is 2.56. The number of carboxylic acid groups (broad SMARTS) is 1. The fourth-order valence-electron chi connectivity index (χ4n) is 2.82. The Kier molecular flexibility index (Phi) is 5.99. The lowest BCUT2D eigenvalue weighted by molar-refractivity contribution is -0.171. The Morgan fingerprint density at radius 1 is 1.39 bits per heavy atom. The van der Waals surface area contributed by atoms with Gasteiger partial charge in [0.2, 0.25) is 0 Å². The Morgan fingerprint density at radius 3 is 2.44 bits per heavy atom. The Labute approximate surface area is 112 Å². The molecule has 1 rings (SSSR count). The van der Waals surface area contributed by atoms with E-state index in [1.54, 1.807) is 11.8 Å². The molecule has 0 saturated heterocycles. The molecule has 0 heterocycles. The van der Waals surface area contributed by atoms with Gasteiger partial charge in [-0.3, -0.25) is 9.59 Å². The first kappa shape index (κ1) is 15.3. The highest BCUT2D eigenvalue weighted by atomic mass is 32.2. The molecule has 0 aliphatic heterocycles. The molecule has 5 heteroatoms. The monoisotopic (exact) mass is 274 g/mol. The van der Waals surface area contributed by atoms with Gasteiger partial charge in [0.15, 0.2) is 5.41 Å². The molecule has 1 unspecified atom stereocenters. The maximum Gasteiger partial charge on any atom is 0.323 e. The molecular formula is C13H22O4S. The molecule has 0 radical (unpaired) electrons. The van der Waals surface area contributed by atoms with Gasteiger partial charge in [-0.2, -0.15) is 11.8 Å². The van der Waals surface area contributed by atoms with Crippen LogP contribution in [-0.2, 0) is 14.3 Å². The van der Waals surface area contributed by atoms with E-state index in [1.165, 1.54) is 7.11 Å². The molecule has 0 aromatic rings. The number of aliphatic carboxylic acids is 1. The SMILES string of the molecule is CCSCCC(C(=O)O)(C(=O)OC)C1CCCC1. The normalized spacial score (nSPS) is 19.4. The van der Waals surface area contributed by atoms with E-state index in [4.69, 9.17) is 4.74 Å². The molecule has 1 aliphatic rings. The fourth-order valence-corrected chi connectivity index (χ4v) is 3.57. The lowest BCUT2D eigenvalue weighted by Crippen LogP contribution is -2.46. The van der Waals surface area contributed by atoms with Gasteiger partial charge >= 0.3 is 11.9 Å². The van der Waals surface area contributed by atoms with Crippen molar-refractivity contribution in [1.82, 2.24) is 0 Å². The summed E-state index contributed by atoms with van der Waals surface area (Å²) in [4.78, 5) is 23.7. The standard InChI is InChI=1S/C13H22O4S/c1-3-18-9-8-13(11(14)15,12(16)17-2)10-6-4-5-7-10/h10H,3-9H2,1-2H3,(H,14,15). The number of esters is 1. The van der Waals surface area contributed by atoms with Gasteiger partial charge in [-0.1, -0.05) is 19.8 Å². The van der Waals surface area contributed by atoms with Crippen molar-refractivity contribution in [2.45, 2.75) is 39.0 Å². The van der Waals surface area contributed by atoms with Gasteiger partial charge in [0.1, 0.15) is 0 Å². The smallest absolute Gasteiger partial charge is 0.323 e. The van der Waals surface area contributed by atoms with E-state index in [-0.39, 0.29) is 5.92 Å². The molecule has 1 aliphatic carbocycles. The highest BCUT2D eigenvalue weighted by molar-refractivity contribution is 7.99. The van der Waals surface area contributed by atoms with Gasteiger partial charge < -0.3 is 9.84 Å². The maximum atomic E-state index is 12.0. The first-order chi connectivity index (χ1) is 8.59. The molecule has 1 fully saturated rings. The van der Waals surface area contributed by atoms with Crippen molar-refractivity contribution in [2.24, 2.45) is 11.3 Å². The van der Waals surface area contributed by atoms with Crippen LogP contribution in [0.2, 0.25) is 0 Å². The van der Waals surface area contributed by atoms with Crippen LogP contribution in [0.4, 0.5) is 0 Å². The minimum absolute atomic E-state index is 0.0695. The molecule has 0 aromatic heterocycles. The van der Waals surface area contributed by atoms with E-state index in [0.717, 1.165) is 31.4 Å². The summed E-state index contributed by atoms with van der Waals surface area (Å²) in [6.45, 7) is 2.03. The first-order valence-electron chi connectivity index (χ1n) is 6.49. The third kappa shape index (κ3) is 2.99. The second-order valence-electron chi connectivity index (χ2n) is 4.70. The van der Waals surface area contributed by atoms with E-state index in [1.807, 2.05) is 6.92 Å². The van der Waals surface area contributed by atoms with Crippen LogP contribution in [0.25, 0.3) is 0 Å². The summed E-state index contributed by atoms with van der Waals surface area (Å²) in [5.41, 5.74) is -1.33. The second kappa shape index (κ2) is 7.02. The first-order valence-corrected chi connectivity index (χ1v) is 7.64. The zero-order chi connectivity index (χ0) is 13.6. The molecule has 1 N–H and O–H groups in total. The van der Waals surface area contributed by atoms with Crippen molar-refractivity contribution in [1.29, 1.82) is 0 Å². The number of ether oxygens (including phenoxy) is 1. The van der Waals surface area contributed by atoms with Crippen molar-refractivity contribution < 1.29 is 19.4 Å². The van der Waals surface area contributed by atoms with Gasteiger partial charge in [-0.05, 0) is 36.7 Å². The molecule has 4 nitrogen and oxygen atoms in total. The van der Waals surface area contributed by atoms with Gasteiger partial charge in [-0.25, -0.2) is 0 Å². The summed E-state index contributed by atoms with van der Waals surface area (Å²) in [6, 6.07) is 0. The van der Waals surface area contributed by atoms with Crippen LogP contribution in [0, 0.1) is 11.3 Å². The quantitative estimate of drug-likeness (QED) is 0.439. The van der Waals surface area contributed by atoms with Crippen molar-refractivity contribution >= 4 is 23.7 Å². The van der Waals surface area contributed by atoms with E-state index >= 15 is 0 Å². The number of hydrogen-bond acceptors (Lipinski definition) is 4. The number of carboxylic acids is 1. The van der Waals surface area contributed by atoms with E-state index in [0.29, 0.717) is 12.2 Å². The Bertz CT molecular complexity index is 299. The summed E-state index contributed by atoms with van der Waals surface area (Å²) in [7, 11) is 1.28. The van der Waals surface area contributed by atoms with Gasteiger partial charge in [-0.15, -0.1) is 0 Å². The zero-order valence-corrected chi connectivity index (χ0v) is 11.9. The van der Waals surface area contributed by atoms with Gasteiger partial charge in [0.05, 0.1) is 7.11 Å². The predicted molar refractivity (Wildman–Crippen MR) is 71.7 cm³/mol. The van der Waals surface area contributed by atoms with Crippen molar-refractivity contribution in [3.8, 4) is 0 Å². The Hall–Kier alpha value is -0.710. The Morgan fingerprint density at radius 2 is 2.00 bits per heavy atom. The van der Waals surface area contributed by atoms with Crippen LogP contribution >= 0.6 is 11.8 Å². The largest absolute Gasteiger partial charge is 0.480 e. The number of methoxy groups -OCH3 is 1. The summed E-state index contributed by atoms with van der Waals surface area (Å²) in [6.07, 6.45) is 4.03. The van der Waals surface area contributed by atoms with Gasteiger partial charge in [0.25, 0.3) is 0 Å². The summed E-state index contributed by atoms with van der Waals surface area (Å²) < 4.78 is 4.79. The molecule has 1 atom stereocenters. The number of carbonyl (C=O) groups is 2. The lowest BCUT2D eigenvalue weighted by Gasteiger charge is -2.32. The second-order valence-corrected chi connectivity index (χ2v) is 6.09. The summed E-state index contributed by atoms with van der Waals surface area (Å²) in [5, 5.41) is 9.57. The van der Waals surface area contributed by atoms with Crippen LogP contribution in [0.15, 0.2) is 0 Å². The molecule has 1 saturated carbocycles. The molecule has 0 spiro atoms. The average Bonchev–Trinajstić information content (AvgIpc) is 2.87. The molecule has 0 aromatic carbocycles. The number of rotatable bonds is 7. The topological polar surface area (TPSA) is 63.6 Å². The minimum Gasteiger partial charge on any atom is -0.480 e. The van der Waals surface area contributed by atoms with Crippen LogP contribution < -0.4 is 0 Å². The highest BCUT2D eigenvalue weighted by Crippen LogP contribution is 2.44. The summed E-state index contributed by atoms with van der Waals surface area (Å²) >= 11 is 1.67. The van der Waals surface area contributed by atoms with Crippen LogP contribution in [-0.4, -0.2) is 35.7 Å². The zero-order valence-electron chi connectivity index (χ0n) is 11.1. The molecular weight excluding hydrogens is 252 g/mol. The van der Waals surface area contributed by atoms with Crippen molar-refractivity contribution in [3.05, 3.63) is 0 Å². The van der Waals surface area contributed by atoms with E-state index < -0.39 is 17.4 Å². The third-order valence-corrected chi connectivity index (χ3v) is 4.73. The molecule has 18 heavy (non-hydrogen) atoms. The number of carbonyl (C=O) groups excluding carboxylic acids is 1. The number of hydrogen-bond donors (Lipinski definition) is 1. The van der Waals surface area contributed by atoms with Crippen LogP contribution in [0.5, 0.6) is 0 Å². The summed E-state index contributed by atoms with van der Waals surface area (Å²) in [5.74, 6) is -0.0351. The van der Waals surface area contributed by atoms with Crippen molar-refractivity contribution in [3.63, 3.8) is 0 Å². The minimum atomic E-state index is -1.33. The van der Waals surface area contributed by atoms with E-state index in [2.05, 4.69) is 0 Å². The maximum absolute atomic E-state index is 12.0. The molecule has 104 valence electrons. The van der Waals surface area contributed by atoms with Crippen LogP contribution in [0.1, 0.15) is 39.0 Å². The average molecular weight is 274 g/mol. The van der Waals surface area contributed by atoms with Gasteiger partial charge in [0, 0.05) is 0 Å². The third-order valence-electron chi connectivity index (χ3n) is 3.83.